The summed E-state index contributed by atoms with van der Waals surface area (Å²) in [5, 5.41) is 4.58. The van der Waals surface area contributed by atoms with Gasteiger partial charge in [-0.2, -0.15) is 5.10 Å². The Bertz CT molecular complexity index is 990. The lowest BCUT2D eigenvalue weighted by Crippen LogP contribution is -2.44. The van der Waals surface area contributed by atoms with E-state index in [4.69, 9.17) is 16.3 Å². The van der Waals surface area contributed by atoms with Crippen LogP contribution in [0.1, 0.15) is 34.5 Å². The average molecular weight is 414 g/mol. The number of hydrogen-bond acceptors (Lipinski definition) is 5. The van der Waals surface area contributed by atoms with Crippen molar-refractivity contribution in [1.82, 2.24) is 25.6 Å². The molecule has 2 N–H and O–H groups in total. The minimum Gasteiger partial charge on any atom is -0.489 e. The number of carbonyl (C=O) groups excluding carboxylic acids is 2. The highest BCUT2D eigenvalue weighted by Gasteiger charge is 2.16. The first-order valence-corrected chi connectivity index (χ1v) is 9.24. The molecule has 150 valence electrons. The molecule has 0 aliphatic heterocycles. The van der Waals surface area contributed by atoms with Crippen molar-refractivity contribution in [2.75, 3.05) is 0 Å². The third-order valence-corrected chi connectivity index (χ3v) is 4.69. The van der Waals surface area contributed by atoms with E-state index in [0.717, 1.165) is 16.9 Å². The summed E-state index contributed by atoms with van der Waals surface area (Å²) >= 11 is 6.01. The Kier molecular flexibility index (Phi) is 6.46. The monoisotopic (exact) mass is 413 g/mol. The van der Waals surface area contributed by atoms with Crippen LogP contribution in [0.5, 0.6) is 5.75 Å². The van der Waals surface area contributed by atoms with Crippen molar-refractivity contribution < 1.29 is 14.3 Å². The second kappa shape index (κ2) is 9.20. The van der Waals surface area contributed by atoms with Crippen LogP contribution >= 0.6 is 11.6 Å². The van der Waals surface area contributed by atoms with E-state index in [1.165, 1.54) is 17.3 Å². The van der Waals surface area contributed by atoms with Crippen LogP contribution in [0, 0.1) is 6.92 Å². The zero-order valence-electron chi connectivity index (χ0n) is 15.9. The van der Waals surface area contributed by atoms with Gasteiger partial charge in [-0.05, 0) is 55.3 Å². The molecule has 2 aromatic carbocycles. The fraction of sp³-hybridized carbons (Fsp3) is 0.200. The zero-order chi connectivity index (χ0) is 20.8. The molecule has 8 nitrogen and oxygen atoms in total. The number of benzene rings is 2. The summed E-state index contributed by atoms with van der Waals surface area (Å²) < 4.78 is 7.13. The molecule has 2 amide bonds. The Balaban J connectivity index is 1.50. The molecule has 0 bridgehead atoms. The Morgan fingerprint density at radius 2 is 1.93 bits per heavy atom. The van der Waals surface area contributed by atoms with Gasteiger partial charge in [-0.3, -0.25) is 20.4 Å². The van der Waals surface area contributed by atoms with E-state index in [9.17, 15) is 9.59 Å². The van der Waals surface area contributed by atoms with E-state index in [-0.39, 0.29) is 0 Å². The molecular formula is C20H20ClN5O3. The van der Waals surface area contributed by atoms with Crippen molar-refractivity contribution in [2.45, 2.75) is 26.5 Å². The van der Waals surface area contributed by atoms with E-state index in [0.29, 0.717) is 17.2 Å². The van der Waals surface area contributed by atoms with Crippen LogP contribution in [0.3, 0.4) is 0 Å². The maximum absolute atomic E-state index is 12.2. The minimum atomic E-state index is -0.603. The summed E-state index contributed by atoms with van der Waals surface area (Å²) in [6.45, 7) is 3.91. The quantitative estimate of drug-likeness (QED) is 0.605. The van der Waals surface area contributed by atoms with Crippen molar-refractivity contribution in [3.8, 4) is 5.75 Å². The number of nitrogens with one attached hydrogen (secondary N) is 2. The van der Waals surface area contributed by atoms with E-state index in [1.54, 1.807) is 43.3 Å². The molecule has 0 aliphatic rings. The molecular weight excluding hydrogens is 394 g/mol. The average Bonchev–Trinajstić information content (AvgIpc) is 3.27. The van der Waals surface area contributed by atoms with Gasteiger partial charge in [-0.25, -0.2) is 9.67 Å². The molecule has 0 saturated heterocycles. The lowest BCUT2D eigenvalue weighted by molar-refractivity contribution is -0.124. The number of halogens is 1. The van der Waals surface area contributed by atoms with Gasteiger partial charge in [0.2, 0.25) is 0 Å². The largest absolute Gasteiger partial charge is 0.489 e. The van der Waals surface area contributed by atoms with Gasteiger partial charge in [0, 0.05) is 10.6 Å². The first kappa shape index (κ1) is 20.3. The van der Waals surface area contributed by atoms with Crippen molar-refractivity contribution >= 4 is 23.4 Å². The first-order chi connectivity index (χ1) is 13.9. The number of hydrogen-bond donors (Lipinski definition) is 2. The molecule has 3 rings (SSSR count). The number of aryl methyl sites for hydroxylation is 1. The van der Waals surface area contributed by atoms with Crippen molar-refractivity contribution in [1.29, 1.82) is 0 Å². The molecule has 29 heavy (non-hydrogen) atoms. The van der Waals surface area contributed by atoms with Gasteiger partial charge in [-0.15, -0.1) is 0 Å². The fourth-order valence-electron chi connectivity index (χ4n) is 2.46. The normalized spacial score (nSPS) is 11.6. The summed E-state index contributed by atoms with van der Waals surface area (Å²) in [6.07, 6.45) is 2.76. The maximum Gasteiger partial charge on any atom is 0.269 e. The van der Waals surface area contributed by atoms with Crippen LogP contribution in [-0.2, 0) is 11.4 Å². The second-order valence-corrected chi connectivity index (χ2v) is 6.80. The van der Waals surface area contributed by atoms with Crippen LogP contribution in [0.15, 0.2) is 55.1 Å². The molecule has 3 aromatic rings. The van der Waals surface area contributed by atoms with Crippen LogP contribution in [-0.4, -0.2) is 26.6 Å². The smallest absolute Gasteiger partial charge is 0.269 e. The highest BCUT2D eigenvalue weighted by molar-refractivity contribution is 6.31. The molecule has 9 heteroatoms. The molecule has 0 unspecified atom stereocenters. The SMILES string of the molecule is Cc1cc(OCc2ccc(C(=O)NNC(=O)[C@H](C)n3cncn3)cc2)ccc1Cl. The Hall–Kier alpha value is -3.39. The zero-order valence-corrected chi connectivity index (χ0v) is 16.7. The molecule has 1 heterocycles. The summed E-state index contributed by atoms with van der Waals surface area (Å²) in [4.78, 5) is 28.1. The minimum absolute atomic E-state index is 0.356. The molecule has 0 spiro atoms. The van der Waals surface area contributed by atoms with Crippen LogP contribution in [0.2, 0.25) is 5.02 Å². The topological polar surface area (TPSA) is 98.1 Å². The Morgan fingerprint density at radius 3 is 2.59 bits per heavy atom. The highest BCUT2D eigenvalue weighted by Crippen LogP contribution is 2.21. The summed E-state index contributed by atoms with van der Waals surface area (Å²) in [7, 11) is 0. The lowest BCUT2D eigenvalue weighted by Gasteiger charge is -2.13. The molecule has 0 saturated carbocycles. The van der Waals surface area contributed by atoms with Gasteiger partial charge in [-0.1, -0.05) is 23.7 Å². The molecule has 0 fully saturated rings. The number of carbonyl (C=O) groups is 2. The number of aromatic nitrogens is 3. The predicted octanol–water partition coefficient (Wildman–Crippen LogP) is 2.84. The number of nitrogens with zero attached hydrogens (tertiary/aromatic N) is 3. The highest BCUT2D eigenvalue weighted by atomic mass is 35.5. The van der Waals surface area contributed by atoms with Gasteiger partial charge in [0.25, 0.3) is 11.8 Å². The van der Waals surface area contributed by atoms with E-state index in [2.05, 4.69) is 20.9 Å². The molecule has 0 aliphatic carbocycles. The van der Waals surface area contributed by atoms with Crippen LogP contribution < -0.4 is 15.6 Å². The van der Waals surface area contributed by atoms with Crippen LogP contribution in [0.4, 0.5) is 0 Å². The van der Waals surface area contributed by atoms with Gasteiger partial charge >= 0.3 is 0 Å². The Labute approximate surface area is 172 Å². The number of amides is 2. The third-order valence-electron chi connectivity index (χ3n) is 4.26. The lowest BCUT2D eigenvalue weighted by atomic mass is 10.1. The molecule has 1 aromatic heterocycles. The number of ether oxygens (including phenoxy) is 1. The molecule has 1 atom stereocenters. The van der Waals surface area contributed by atoms with Gasteiger partial charge in [0.05, 0.1) is 0 Å². The Morgan fingerprint density at radius 1 is 1.17 bits per heavy atom. The standard InChI is InChI=1S/C20H20ClN5O3/c1-13-9-17(7-8-18(13)21)29-10-15-3-5-16(6-4-15)20(28)25-24-19(27)14(2)26-12-22-11-23-26/h3-9,11-12,14H,10H2,1-2H3,(H,24,27)(H,25,28)/t14-/m0/s1. The van der Waals surface area contributed by atoms with Crippen LogP contribution in [0.25, 0.3) is 0 Å². The first-order valence-electron chi connectivity index (χ1n) is 8.86. The predicted molar refractivity (Wildman–Crippen MR) is 107 cm³/mol. The summed E-state index contributed by atoms with van der Waals surface area (Å²) in [5.41, 5.74) is 7.01. The van der Waals surface area contributed by atoms with E-state index in [1.807, 2.05) is 13.0 Å². The fourth-order valence-corrected chi connectivity index (χ4v) is 2.58. The van der Waals surface area contributed by atoms with Crippen molar-refractivity contribution in [3.63, 3.8) is 0 Å². The van der Waals surface area contributed by atoms with Crippen molar-refractivity contribution in [3.05, 3.63) is 76.8 Å². The maximum atomic E-state index is 12.2. The van der Waals surface area contributed by atoms with Crippen molar-refractivity contribution in [2.24, 2.45) is 0 Å². The second-order valence-electron chi connectivity index (χ2n) is 6.39. The van der Waals surface area contributed by atoms with Gasteiger partial charge in [0.1, 0.15) is 31.1 Å². The van der Waals surface area contributed by atoms with Gasteiger partial charge in [0.15, 0.2) is 0 Å². The van der Waals surface area contributed by atoms with E-state index >= 15 is 0 Å². The van der Waals surface area contributed by atoms with E-state index < -0.39 is 17.9 Å². The number of hydrazine groups is 1. The summed E-state index contributed by atoms with van der Waals surface area (Å²) in [6, 6.07) is 11.8. The number of rotatable bonds is 6. The molecule has 0 radical (unpaired) electrons. The third kappa shape index (κ3) is 5.32. The summed E-state index contributed by atoms with van der Waals surface area (Å²) in [5.74, 6) is -0.116. The van der Waals surface area contributed by atoms with Gasteiger partial charge < -0.3 is 4.74 Å².